The second-order valence-electron chi connectivity index (χ2n) is 7.29. The van der Waals surface area contributed by atoms with E-state index in [2.05, 4.69) is 35.4 Å². The molecule has 0 bridgehead atoms. The third-order valence-electron chi connectivity index (χ3n) is 4.54. The number of anilines is 2. The molecule has 0 radical (unpaired) electrons. The monoisotopic (exact) mass is 308 g/mol. The van der Waals surface area contributed by atoms with Crippen LogP contribution in [0.4, 0.5) is 10.8 Å². The highest BCUT2D eigenvalue weighted by atomic mass is 32.1. The van der Waals surface area contributed by atoms with Crippen LogP contribution in [0, 0.1) is 11.3 Å². The van der Waals surface area contributed by atoms with Crippen LogP contribution in [0.1, 0.15) is 50.4 Å². The zero-order valence-electron chi connectivity index (χ0n) is 13.0. The van der Waals surface area contributed by atoms with Crippen molar-refractivity contribution in [3.63, 3.8) is 0 Å². The molecule has 1 saturated carbocycles. The molecule has 3 rings (SSSR count). The number of hydrogen-bond acceptors (Lipinski definition) is 5. The second-order valence-corrected chi connectivity index (χ2v) is 8.05. The molecule has 1 aliphatic heterocycles. The summed E-state index contributed by atoms with van der Waals surface area (Å²) >= 11 is 1.35. The predicted octanol–water partition coefficient (Wildman–Crippen LogP) is 2.49. The summed E-state index contributed by atoms with van der Waals surface area (Å²) in [6.07, 6.45) is 3.31. The first-order valence-electron chi connectivity index (χ1n) is 7.67. The molecule has 2 fully saturated rings. The molecule has 1 aromatic heterocycles. The van der Waals surface area contributed by atoms with Crippen LogP contribution in [0.5, 0.6) is 0 Å². The fraction of sp³-hybridized carbons (Fsp3) is 0.733. The van der Waals surface area contributed by atoms with Crippen molar-refractivity contribution in [1.29, 1.82) is 0 Å². The number of hydrogen-bond donors (Lipinski definition) is 2. The van der Waals surface area contributed by atoms with Gasteiger partial charge in [0.15, 0.2) is 5.82 Å². The van der Waals surface area contributed by atoms with Crippen molar-refractivity contribution < 1.29 is 4.79 Å². The van der Waals surface area contributed by atoms with E-state index >= 15 is 0 Å². The molecule has 0 aromatic carbocycles. The summed E-state index contributed by atoms with van der Waals surface area (Å²) in [5, 5.41) is 3.97. The van der Waals surface area contributed by atoms with Gasteiger partial charge in [-0.1, -0.05) is 20.8 Å². The van der Waals surface area contributed by atoms with E-state index in [1.807, 2.05) is 0 Å². The van der Waals surface area contributed by atoms with Gasteiger partial charge < -0.3 is 16.0 Å². The van der Waals surface area contributed by atoms with Gasteiger partial charge in [-0.15, -0.1) is 0 Å². The summed E-state index contributed by atoms with van der Waals surface area (Å²) in [6, 6.07) is 0.338. The summed E-state index contributed by atoms with van der Waals surface area (Å²) in [5.74, 6) is 0.950. The van der Waals surface area contributed by atoms with Crippen molar-refractivity contribution >= 4 is 28.3 Å². The molecule has 2 aliphatic rings. The predicted molar refractivity (Wildman–Crippen MR) is 86.8 cm³/mol. The normalized spacial score (nSPS) is 22.6. The van der Waals surface area contributed by atoms with E-state index in [-0.39, 0.29) is 5.91 Å². The Labute approximate surface area is 130 Å². The maximum Gasteiger partial charge on any atom is 0.258 e. The quantitative estimate of drug-likeness (QED) is 0.900. The van der Waals surface area contributed by atoms with E-state index in [4.69, 9.17) is 5.73 Å². The molecule has 0 spiro atoms. The van der Waals surface area contributed by atoms with E-state index in [0.29, 0.717) is 28.8 Å². The molecule has 1 amide bonds. The lowest BCUT2D eigenvalue weighted by Crippen LogP contribution is -2.29. The summed E-state index contributed by atoms with van der Waals surface area (Å²) in [7, 11) is 0. The van der Waals surface area contributed by atoms with Gasteiger partial charge in [-0.25, -0.2) is 0 Å². The number of nitrogens with one attached hydrogen (secondary N) is 1. The van der Waals surface area contributed by atoms with Crippen LogP contribution >= 0.6 is 11.5 Å². The average Bonchev–Trinajstić information content (AvgIpc) is 2.91. The Balaban J connectivity index is 1.78. The molecule has 5 nitrogen and oxygen atoms in total. The molecule has 21 heavy (non-hydrogen) atoms. The van der Waals surface area contributed by atoms with Crippen molar-refractivity contribution in [2.24, 2.45) is 11.3 Å². The van der Waals surface area contributed by atoms with Crippen LogP contribution in [0.15, 0.2) is 0 Å². The van der Waals surface area contributed by atoms with Gasteiger partial charge in [0.1, 0.15) is 10.6 Å². The number of nitrogens with zero attached hydrogens (tertiary/aromatic N) is 2. The topological polar surface area (TPSA) is 71.2 Å². The Morgan fingerprint density at radius 1 is 1.38 bits per heavy atom. The summed E-state index contributed by atoms with van der Waals surface area (Å²) < 4.78 is 4.21. The lowest BCUT2D eigenvalue weighted by atomic mass is 9.80. The highest BCUT2D eigenvalue weighted by molar-refractivity contribution is 7.11. The Hall–Kier alpha value is -1.30. The van der Waals surface area contributed by atoms with Crippen molar-refractivity contribution in [2.75, 3.05) is 23.7 Å². The van der Waals surface area contributed by atoms with Gasteiger partial charge in [0.2, 0.25) is 0 Å². The average molecular weight is 308 g/mol. The Morgan fingerprint density at radius 2 is 2.10 bits per heavy atom. The first kappa shape index (κ1) is 14.6. The smallest absolute Gasteiger partial charge is 0.258 e. The van der Waals surface area contributed by atoms with Crippen LogP contribution in [-0.2, 0) is 0 Å². The largest absolute Gasteiger partial charge is 0.382 e. The summed E-state index contributed by atoms with van der Waals surface area (Å²) in [4.78, 5) is 14.7. The summed E-state index contributed by atoms with van der Waals surface area (Å²) in [5.41, 5.74) is 6.82. The SMILES string of the molecule is CC(C)(C)C1CCN(c2snc(N)c2C(=O)NC2CC2)C1. The van der Waals surface area contributed by atoms with Crippen LogP contribution in [0.2, 0.25) is 0 Å². The maximum absolute atomic E-state index is 12.4. The number of aromatic nitrogens is 1. The number of rotatable bonds is 3. The van der Waals surface area contributed by atoms with Crippen molar-refractivity contribution in [3.8, 4) is 0 Å². The standard InChI is InChI=1S/C15H24N4OS/c1-15(2,3)9-6-7-19(8-9)14-11(12(16)18-21-14)13(20)17-10-4-5-10/h9-10H,4-8H2,1-3H3,(H2,16,18)(H,17,20). The van der Waals surface area contributed by atoms with Crippen LogP contribution < -0.4 is 16.0 Å². The Kier molecular flexibility index (Phi) is 3.59. The van der Waals surface area contributed by atoms with E-state index in [0.717, 1.165) is 37.4 Å². The number of amides is 1. The molecular formula is C15H24N4OS. The van der Waals surface area contributed by atoms with Crippen molar-refractivity contribution in [1.82, 2.24) is 9.69 Å². The lowest BCUT2D eigenvalue weighted by molar-refractivity contribution is 0.0952. The van der Waals surface area contributed by atoms with Gasteiger partial charge in [0, 0.05) is 19.1 Å². The second kappa shape index (κ2) is 5.16. The lowest BCUT2D eigenvalue weighted by Gasteiger charge is -2.27. The maximum atomic E-state index is 12.4. The highest BCUT2D eigenvalue weighted by Crippen LogP contribution is 2.39. The first-order valence-corrected chi connectivity index (χ1v) is 8.44. The molecule has 1 unspecified atom stereocenters. The molecule has 6 heteroatoms. The number of nitrogen functional groups attached to an aromatic ring is 1. The van der Waals surface area contributed by atoms with E-state index in [1.165, 1.54) is 11.5 Å². The van der Waals surface area contributed by atoms with E-state index in [1.54, 1.807) is 0 Å². The van der Waals surface area contributed by atoms with Crippen LogP contribution in [-0.4, -0.2) is 29.4 Å². The fourth-order valence-electron chi connectivity index (χ4n) is 2.86. The van der Waals surface area contributed by atoms with Crippen molar-refractivity contribution in [3.05, 3.63) is 5.56 Å². The van der Waals surface area contributed by atoms with Gasteiger partial charge in [-0.3, -0.25) is 4.79 Å². The number of carbonyl (C=O) groups excluding carboxylic acids is 1. The minimum absolute atomic E-state index is 0.0574. The zero-order valence-corrected chi connectivity index (χ0v) is 13.8. The van der Waals surface area contributed by atoms with Gasteiger partial charge in [0.05, 0.1) is 0 Å². The summed E-state index contributed by atoms with van der Waals surface area (Å²) in [6.45, 7) is 8.80. The fourth-order valence-corrected chi connectivity index (χ4v) is 3.71. The molecule has 1 saturated heterocycles. The van der Waals surface area contributed by atoms with E-state index < -0.39 is 0 Å². The van der Waals surface area contributed by atoms with E-state index in [9.17, 15) is 4.79 Å². The van der Waals surface area contributed by atoms with Crippen LogP contribution in [0.3, 0.4) is 0 Å². The van der Waals surface area contributed by atoms with Gasteiger partial charge in [-0.2, -0.15) is 4.37 Å². The minimum Gasteiger partial charge on any atom is -0.382 e. The minimum atomic E-state index is -0.0574. The third kappa shape index (κ3) is 3.00. The first-order chi connectivity index (χ1) is 9.86. The van der Waals surface area contributed by atoms with Gasteiger partial charge in [-0.05, 0) is 42.1 Å². The van der Waals surface area contributed by atoms with Gasteiger partial charge >= 0.3 is 0 Å². The molecule has 2 heterocycles. The molecule has 116 valence electrons. The third-order valence-corrected chi connectivity index (χ3v) is 5.46. The zero-order chi connectivity index (χ0) is 15.2. The molecule has 1 aliphatic carbocycles. The van der Waals surface area contributed by atoms with Gasteiger partial charge in [0.25, 0.3) is 5.91 Å². The van der Waals surface area contributed by atoms with Crippen molar-refractivity contribution in [2.45, 2.75) is 46.1 Å². The Bertz CT molecular complexity index is 544. The number of carbonyl (C=O) groups is 1. The number of nitrogens with two attached hydrogens (primary N) is 1. The Morgan fingerprint density at radius 3 is 2.67 bits per heavy atom. The highest BCUT2D eigenvalue weighted by Gasteiger charge is 2.35. The molecule has 1 atom stereocenters. The van der Waals surface area contributed by atoms with Crippen LogP contribution in [0.25, 0.3) is 0 Å². The molecular weight excluding hydrogens is 284 g/mol. The molecule has 1 aromatic rings. The molecule has 3 N–H and O–H groups in total.